The van der Waals surface area contributed by atoms with Gasteiger partial charge in [0.15, 0.2) is 0 Å². The Hall–Kier alpha value is -2.21. The quantitative estimate of drug-likeness (QED) is 0.936. The second kappa shape index (κ2) is 6.27. The van der Waals surface area contributed by atoms with Crippen LogP contribution in [0.4, 0.5) is 4.39 Å². The Morgan fingerprint density at radius 1 is 1.41 bits per heavy atom. The van der Waals surface area contributed by atoms with E-state index in [9.17, 15) is 14.3 Å². The summed E-state index contributed by atoms with van der Waals surface area (Å²) in [6, 6.07) is 7.76. The number of amides is 1. The van der Waals surface area contributed by atoms with Crippen molar-refractivity contribution in [1.29, 1.82) is 0 Å². The maximum Gasteiger partial charge on any atom is 0.225 e. The molecule has 1 fully saturated rings. The average Bonchev–Trinajstić information content (AvgIpc) is 3.14. The number of hydrogen-bond acceptors (Lipinski definition) is 3. The number of nitrogens with zero attached hydrogens (tertiary/aromatic N) is 3. The molecule has 3 rings (SSSR count). The predicted molar refractivity (Wildman–Crippen MR) is 78.3 cm³/mol. The number of hydrogen-bond donors (Lipinski definition) is 1. The molecule has 2 aromatic rings. The highest BCUT2D eigenvalue weighted by Gasteiger charge is 2.35. The van der Waals surface area contributed by atoms with Crippen LogP contribution in [-0.4, -0.2) is 38.3 Å². The van der Waals surface area contributed by atoms with Crippen LogP contribution in [0.1, 0.15) is 24.4 Å². The molecule has 2 atom stereocenters. The first-order valence-corrected chi connectivity index (χ1v) is 7.34. The molecule has 2 heterocycles. The van der Waals surface area contributed by atoms with Gasteiger partial charge < -0.3 is 10.0 Å². The van der Waals surface area contributed by atoms with Gasteiger partial charge in [-0.2, -0.15) is 5.10 Å². The zero-order chi connectivity index (χ0) is 15.5. The van der Waals surface area contributed by atoms with Gasteiger partial charge in [-0.3, -0.25) is 9.48 Å². The number of aryl methyl sites for hydroxylation is 1. The lowest BCUT2D eigenvalue weighted by molar-refractivity contribution is -0.132. The molecule has 1 aromatic carbocycles. The molecule has 0 saturated carbocycles. The number of β-amino-alcohol motifs (C(OH)–C–C–N with tert-alkyl or cyclic N) is 1. The van der Waals surface area contributed by atoms with Crippen LogP contribution >= 0.6 is 0 Å². The monoisotopic (exact) mass is 303 g/mol. The molecule has 1 saturated heterocycles. The smallest absolute Gasteiger partial charge is 0.225 e. The van der Waals surface area contributed by atoms with Crippen molar-refractivity contribution in [2.75, 3.05) is 6.54 Å². The zero-order valence-electron chi connectivity index (χ0n) is 12.1. The minimum Gasteiger partial charge on any atom is -0.391 e. The predicted octanol–water partition coefficient (Wildman–Crippen LogP) is 1.75. The molecule has 0 spiro atoms. The maximum absolute atomic E-state index is 13.4. The first-order chi connectivity index (χ1) is 10.6. The molecule has 22 heavy (non-hydrogen) atoms. The van der Waals surface area contributed by atoms with Crippen LogP contribution in [0.3, 0.4) is 0 Å². The number of benzene rings is 1. The van der Waals surface area contributed by atoms with Crippen molar-refractivity contribution in [3.8, 4) is 0 Å². The third-order valence-corrected chi connectivity index (χ3v) is 3.95. The van der Waals surface area contributed by atoms with Crippen molar-refractivity contribution >= 4 is 5.91 Å². The molecule has 116 valence electrons. The standard InChI is InChI=1S/C16H18FN3O2/c17-13-4-1-3-12(9-13)15-10-14(21)11-20(15)16(22)5-8-19-7-2-6-18-19/h1-4,6-7,9,14-15,21H,5,8,10-11H2/t14-,15+/m1/s1. The number of aliphatic hydroxyl groups is 1. The van der Waals surface area contributed by atoms with Crippen molar-refractivity contribution in [3.63, 3.8) is 0 Å². The van der Waals surface area contributed by atoms with Gasteiger partial charge in [-0.05, 0) is 30.2 Å². The fourth-order valence-corrected chi connectivity index (χ4v) is 2.91. The number of aromatic nitrogens is 2. The lowest BCUT2D eigenvalue weighted by Crippen LogP contribution is -2.32. The SMILES string of the molecule is O=C(CCn1cccn1)N1C[C@H](O)C[C@H]1c1cccc(F)c1. The van der Waals surface area contributed by atoms with Gasteiger partial charge in [-0.15, -0.1) is 0 Å². The molecule has 6 heteroatoms. The van der Waals surface area contributed by atoms with E-state index in [2.05, 4.69) is 5.10 Å². The highest BCUT2D eigenvalue weighted by molar-refractivity contribution is 5.77. The van der Waals surface area contributed by atoms with Crippen molar-refractivity contribution in [3.05, 3.63) is 54.1 Å². The summed E-state index contributed by atoms with van der Waals surface area (Å²) in [7, 11) is 0. The molecule has 1 aliphatic heterocycles. The second-order valence-corrected chi connectivity index (χ2v) is 5.53. The van der Waals surface area contributed by atoms with E-state index in [4.69, 9.17) is 0 Å². The van der Waals surface area contributed by atoms with E-state index in [0.717, 1.165) is 5.56 Å². The van der Waals surface area contributed by atoms with Gasteiger partial charge in [0.2, 0.25) is 5.91 Å². The molecule has 0 bridgehead atoms. The van der Waals surface area contributed by atoms with Gasteiger partial charge in [-0.25, -0.2) is 4.39 Å². The van der Waals surface area contributed by atoms with Crippen LogP contribution in [-0.2, 0) is 11.3 Å². The first kappa shape index (κ1) is 14.7. The topological polar surface area (TPSA) is 58.4 Å². The van der Waals surface area contributed by atoms with E-state index in [1.54, 1.807) is 40.2 Å². The Labute approximate surface area is 128 Å². The maximum atomic E-state index is 13.4. The number of aliphatic hydroxyl groups excluding tert-OH is 1. The molecular weight excluding hydrogens is 285 g/mol. The van der Waals surface area contributed by atoms with Gasteiger partial charge in [0.05, 0.1) is 12.1 Å². The Morgan fingerprint density at radius 2 is 2.27 bits per heavy atom. The number of rotatable bonds is 4. The van der Waals surface area contributed by atoms with E-state index >= 15 is 0 Å². The van der Waals surface area contributed by atoms with Crippen LogP contribution in [0.15, 0.2) is 42.7 Å². The summed E-state index contributed by atoms with van der Waals surface area (Å²) in [5.41, 5.74) is 0.726. The molecule has 5 nitrogen and oxygen atoms in total. The van der Waals surface area contributed by atoms with Gasteiger partial charge >= 0.3 is 0 Å². The van der Waals surface area contributed by atoms with Crippen LogP contribution < -0.4 is 0 Å². The average molecular weight is 303 g/mol. The first-order valence-electron chi connectivity index (χ1n) is 7.34. The molecule has 1 amide bonds. The van der Waals surface area contributed by atoms with E-state index in [-0.39, 0.29) is 17.8 Å². The number of halogens is 1. The van der Waals surface area contributed by atoms with Crippen molar-refractivity contribution in [1.82, 2.24) is 14.7 Å². The summed E-state index contributed by atoms with van der Waals surface area (Å²) >= 11 is 0. The fourth-order valence-electron chi connectivity index (χ4n) is 2.91. The summed E-state index contributed by atoms with van der Waals surface area (Å²) in [5, 5.41) is 14.0. The Balaban J connectivity index is 1.71. The summed E-state index contributed by atoms with van der Waals surface area (Å²) in [4.78, 5) is 14.1. The third-order valence-electron chi connectivity index (χ3n) is 3.95. The minimum absolute atomic E-state index is 0.0543. The van der Waals surface area contributed by atoms with Gasteiger partial charge in [-0.1, -0.05) is 12.1 Å². The summed E-state index contributed by atoms with van der Waals surface area (Å²) in [6.45, 7) is 0.785. The number of likely N-dealkylation sites (tertiary alicyclic amines) is 1. The molecule has 1 N–H and O–H groups in total. The normalized spacial score (nSPS) is 21.3. The third kappa shape index (κ3) is 3.17. The molecule has 0 aliphatic carbocycles. The lowest BCUT2D eigenvalue weighted by atomic mass is 10.0. The number of carbonyl (C=O) groups excluding carboxylic acids is 1. The van der Waals surface area contributed by atoms with Crippen LogP contribution in [0.5, 0.6) is 0 Å². The Morgan fingerprint density at radius 3 is 3.00 bits per heavy atom. The van der Waals surface area contributed by atoms with Crippen LogP contribution in [0, 0.1) is 5.82 Å². The van der Waals surface area contributed by atoms with Crippen molar-refractivity contribution in [2.45, 2.75) is 31.5 Å². The fraction of sp³-hybridized carbons (Fsp3) is 0.375. The second-order valence-electron chi connectivity index (χ2n) is 5.53. The largest absolute Gasteiger partial charge is 0.391 e. The zero-order valence-corrected chi connectivity index (χ0v) is 12.1. The van der Waals surface area contributed by atoms with Gasteiger partial charge in [0.1, 0.15) is 5.82 Å². The molecular formula is C16H18FN3O2. The lowest BCUT2D eigenvalue weighted by Gasteiger charge is -2.25. The highest BCUT2D eigenvalue weighted by atomic mass is 19.1. The molecule has 1 aliphatic rings. The van der Waals surface area contributed by atoms with Crippen molar-refractivity contribution < 1.29 is 14.3 Å². The number of carbonyl (C=O) groups is 1. The molecule has 0 unspecified atom stereocenters. The van der Waals surface area contributed by atoms with Gasteiger partial charge in [0.25, 0.3) is 0 Å². The summed E-state index contributed by atoms with van der Waals surface area (Å²) in [6.07, 6.45) is 3.65. The van der Waals surface area contributed by atoms with E-state index in [1.807, 2.05) is 0 Å². The van der Waals surface area contributed by atoms with E-state index in [0.29, 0.717) is 25.9 Å². The van der Waals surface area contributed by atoms with Crippen molar-refractivity contribution in [2.24, 2.45) is 0 Å². The Bertz CT molecular complexity index is 645. The van der Waals surface area contributed by atoms with Crippen LogP contribution in [0.25, 0.3) is 0 Å². The molecule has 1 aromatic heterocycles. The summed E-state index contributed by atoms with van der Waals surface area (Å²) < 4.78 is 15.1. The molecule has 0 radical (unpaired) electrons. The van der Waals surface area contributed by atoms with E-state index in [1.165, 1.54) is 12.1 Å². The van der Waals surface area contributed by atoms with Crippen LogP contribution in [0.2, 0.25) is 0 Å². The minimum atomic E-state index is -0.568. The Kier molecular flexibility index (Phi) is 4.20. The van der Waals surface area contributed by atoms with E-state index < -0.39 is 6.10 Å². The summed E-state index contributed by atoms with van der Waals surface area (Å²) in [5.74, 6) is -0.385. The van der Waals surface area contributed by atoms with Gasteiger partial charge in [0, 0.05) is 31.9 Å². The highest BCUT2D eigenvalue weighted by Crippen LogP contribution is 2.32.